The van der Waals surface area contributed by atoms with Gasteiger partial charge in [0, 0.05) is 55.1 Å². The molecule has 3 saturated heterocycles. The molecule has 12 heteroatoms. The zero-order valence-electron chi connectivity index (χ0n) is 28.5. The van der Waals surface area contributed by atoms with E-state index < -0.39 is 81.2 Å². The topological polar surface area (TPSA) is 179 Å². The third kappa shape index (κ3) is 3.66. The molecule has 8 rings (SSSR count). The molecule has 0 aromatic heterocycles. The summed E-state index contributed by atoms with van der Waals surface area (Å²) in [7, 11) is 2.97. The molecule has 0 radical (unpaired) electrons. The Bertz CT molecular complexity index is 1520. The van der Waals surface area contributed by atoms with Crippen molar-refractivity contribution in [3.8, 4) is 11.5 Å². The van der Waals surface area contributed by atoms with Crippen LogP contribution in [0.3, 0.4) is 0 Å². The van der Waals surface area contributed by atoms with E-state index in [2.05, 4.69) is 11.8 Å². The zero-order chi connectivity index (χ0) is 34.4. The lowest BCUT2D eigenvalue weighted by Crippen LogP contribution is -2.85. The maximum absolute atomic E-state index is 13.5. The van der Waals surface area contributed by atoms with Crippen molar-refractivity contribution in [2.75, 3.05) is 27.3 Å². The first-order valence-electron chi connectivity index (χ1n) is 17.6. The molecule has 7 fully saturated rings. The van der Waals surface area contributed by atoms with Gasteiger partial charge in [-0.2, -0.15) is 0 Å². The van der Waals surface area contributed by atoms with Crippen LogP contribution in [-0.2, 0) is 9.47 Å². The number of rotatable bonds is 4. The van der Waals surface area contributed by atoms with Crippen LogP contribution in [0.4, 0.5) is 0 Å². The molecule has 3 heterocycles. The molecule has 7 aliphatic rings. The number of piperidine rings is 2. The third-order valence-electron chi connectivity index (χ3n) is 14.9. The number of hydrogen-bond donors (Lipinski definition) is 6. The van der Waals surface area contributed by atoms with Gasteiger partial charge in [0.2, 0.25) is 5.79 Å². The summed E-state index contributed by atoms with van der Waals surface area (Å²) in [6, 6.07) is 4.28. The van der Waals surface area contributed by atoms with E-state index in [4.69, 9.17) is 18.9 Å². The molecule has 0 unspecified atom stereocenters. The van der Waals surface area contributed by atoms with Crippen LogP contribution in [0.2, 0.25) is 0 Å². The number of aliphatic hydroxyl groups is 6. The van der Waals surface area contributed by atoms with Gasteiger partial charge in [-0.05, 0) is 69.6 Å². The molecule has 48 heavy (non-hydrogen) atoms. The highest BCUT2D eigenvalue weighted by Crippen LogP contribution is 2.78. The van der Waals surface area contributed by atoms with Gasteiger partial charge in [0.25, 0.3) is 0 Å². The van der Waals surface area contributed by atoms with Gasteiger partial charge < -0.3 is 49.6 Å². The minimum atomic E-state index is -2.10. The highest BCUT2D eigenvalue weighted by molar-refractivity contribution is 5.90. The normalized spacial score (nSPS) is 53.6. The van der Waals surface area contributed by atoms with Crippen molar-refractivity contribution in [3.63, 3.8) is 0 Å². The molecular formula is C36H51NO11. The Morgan fingerprint density at radius 1 is 0.896 bits per heavy atom. The second-order valence-corrected chi connectivity index (χ2v) is 16.8. The summed E-state index contributed by atoms with van der Waals surface area (Å²) in [5, 5.41) is 74.7. The third-order valence-corrected chi connectivity index (χ3v) is 14.9. The lowest BCUT2D eigenvalue weighted by Gasteiger charge is -2.68. The van der Waals surface area contributed by atoms with Crippen LogP contribution < -0.4 is 9.47 Å². The Kier molecular flexibility index (Phi) is 6.94. The minimum absolute atomic E-state index is 0.101. The van der Waals surface area contributed by atoms with Gasteiger partial charge >= 0.3 is 5.97 Å². The van der Waals surface area contributed by atoms with Crippen molar-refractivity contribution < 1.29 is 54.4 Å². The Morgan fingerprint density at radius 2 is 1.60 bits per heavy atom. The fourth-order valence-corrected chi connectivity index (χ4v) is 12.6. The van der Waals surface area contributed by atoms with E-state index in [1.807, 2.05) is 6.92 Å². The van der Waals surface area contributed by atoms with Crippen molar-refractivity contribution in [3.05, 3.63) is 23.8 Å². The number of aliphatic hydroxyl groups excluding tert-OH is 1. The van der Waals surface area contributed by atoms with Crippen LogP contribution in [-0.4, -0.2) is 121 Å². The van der Waals surface area contributed by atoms with Gasteiger partial charge in [0.05, 0.1) is 31.5 Å². The molecule has 4 aliphatic carbocycles. The van der Waals surface area contributed by atoms with Crippen molar-refractivity contribution in [1.29, 1.82) is 0 Å². The fraction of sp³-hybridized carbons (Fsp3) is 0.806. The SMILES string of the molecule is COc1ccc(C(=O)O[C@@H]2CC[C@@]3(C)[C@@H]4CC[C@@H]5[C@@]6(O)C[C@H](O)[C@@]7(O)[C@@H](CN8C[C@H](C)CC[C@H]8[C@]7(C)O)[C@]6(O)C[C@@]53O[C@@]42O)cc1OC. The van der Waals surface area contributed by atoms with Gasteiger partial charge in [-0.15, -0.1) is 0 Å². The first-order chi connectivity index (χ1) is 22.5. The lowest BCUT2D eigenvalue weighted by atomic mass is 9.49. The summed E-state index contributed by atoms with van der Waals surface area (Å²) in [5.74, 6) is -3.63. The summed E-state index contributed by atoms with van der Waals surface area (Å²) >= 11 is 0. The monoisotopic (exact) mass is 673 g/mol. The predicted octanol–water partition coefficient (Wildman–Crippen LogP) is 1.36. The van der Waals surface area contributed by atoms with Gasteiger partial charge in [-0.1, -0.05) is 13.8 Å². The van der Waals surface area contributed by atoms with Gasteiger partial charge in [0.15, 0.2) is 17.6 Å². The van der Waals surface area contributed by atoms with Gasteiger partial charge in [-0.3, -0.25) is 4.90 Å². The summed E-state index contributed by atoms with van der Waals surface area (Å²) < 4.78 is 23.5. The molecule has 3 aliphatic heterocycles. The van der Waals surface area contributed by atoms with E-state index in [1.54, 1.807) is 19.1 Å². The quantitative estimate of drug-likeness (QED) is 0.253. The van der Waals surface area contributed by atoms with Crippen molar-refractivity contribution in [2.45, 2.75) is 124 Å². The average molecular weight is 674 g/mol. The van der Waals surface area contributed by atoms with E-state index in [9.17, 15) is 35.4 Å². The second kappa shape index (κ2) is 10.1. The first kappa shape index (κ1) is 33.1. The van der Waals surface area contributed by atoms with Crippen molar-refractivity contribution in [2.24, 2.45) is 29.1 Å². The average Bonchev–Trinajstić information content (AvgIpc) is 3.21. The lowest BCUT2D eigenvalue weighted by molar-refractivity contribution is -0.354. The first-order valence-corrected chi connectivity index (χ1v) is 17.6. The van der Waals surface area contributed by atoms with E-state index in [0.29, 0.717) is 56.1 Å². The van der Waals surface area contributed by atoms with Crippen molar-refractivity contribution in [1.82, 2.24) is 4.90 Å². The highest BCUT2D eigenvalue weighted by atomic mass is 16.7. The maximum Gasteiger partial charge on any atom is 0.338 e. The van der Waals surface area contributed by atoms with E-state index in [0.717, 1.165) is 6.42 Å². The van der Waals surface area contributed by atoms with Gasteiger partial charge in [0.1, 0.15) is 22.4 Å². The Hall–Kier alpha value is -2.03. The number of nitrogens with zero attached hydrogens (tertiary/aromatic N) is 1. The van der Waals surface area contributed by atoms with Crippen LogP contribution in [0.15, 0.2) is 18.2 Å². The number of carbonyl (C=O) groups excluding carboxylic acids is 1. The van der Waals surface area contributed by atoms with Crippen LogP contribution in [0.25, 0.3) is 0 Å². The Balaban J connectivity index is 1.16. The van der Waals surface area contributed by atoms with Crippen LogP contribution in [0.1, 0.15) is 82.5 Å². The number of methoxy groups -OCH3 is 2. The summed E-state index contributed by atoms with van der Waals surface area (Å²) in [6.07, 6.45) is 0.172. The molecule has 4 bridgehead atoms. The van der Waals surface area contributed by atoms with Crippen LogP contribution in [0, 0.1) is 29.1 Å². The fourth-order valence-electron chi connectivity index (χ4n) is 12.6. The molecule has 1 aromatic rings. The largest absolute Gasteiger partial charge is 0.493 e. The van der Waals surface area contributed by atoms with E-state index in [1.165, 1.54) is 20.3 Å². The molecule has 266 valence electrons. The number of benzene rings is 1. The molecule has 12 nitrogen and oxygen atoms in total. The highest BCUT2D eigenvalue weighted by Gasteiger charge is 2.88. The number of fused-ring (bicyclic) bond motifs is 5. The molecule has 1 aromatic carbocycles. The van der Waals surface area contributed by atoms with E-state index >= 15 is 0 Å². The number of ether oxygens (including phenoxy) is 4. The molecular weight excluding hydrogens is 622 g/mol. The Morgan fingerprint density at radius 3 is 2.31 bits per heavy atom. The van der Waals surface area contributed by atoms with Crippen LogP contribution in [0.5, 0.6) is 11.5 Å². The molecule has 1 spiro atoms. The van der Waals surface area contributed by atoms with Gasteiger partial charge in [-0.25, -0.2) is 4.79 Å². The van der Waals surface area contributed by atoms with Crippen molar-refractivity contribution >= 4 is 5.97 Å². The second-order valence-electron chi connectivity index (χ2n) is 16.8. The predicted molar refractivity (Wildman–Crippen MR) is 169 cm³/mol. The Labute approximate surface area is 280 Å². The molecule has 0 amide bonds. The summed E-state index contributed by atoms with van der Waals surface area (Å²) in [6.45, 7) is 6.57. The number of hydrogen-bond acceptors (Lipinski definition) is 12. The zero-order valence-corrected chi connectivity index (χ0v) is 28.5. The summed E-state index contributed by atoms with van der Waals surface area (Å²) in [5.41, 5.74) is -9.44. The maximum atomic E-state index is 13.5. The number of carbonyl (C=O) groups is 1. The molecule has 4 saturated carbocycles. The summed E-state index contributed by atoms with van der Waals surface area (Å²) in [4.78, 5) is 15.6. The smallest absolute Gasteiger partial charge is 0.338 e. The standard InChI is InChI=1S/C36H51NO11/c1-19-6-11-26-31(3,40)35(43)25(17-37(26)16-19)33(42)18-34-24(32(33,41)15-27(35)38)10-9-23-30(34,2)13-12-28(36(23,44)48-34)47-29(39)20-7-8-21(45-4)22(14-20)46-5/h7-8,14,19,23-28,38,40-44H,6,9-13,15-18H2,1-5H3/t19-,23+,24-,25+,26+,27+,28-,30+,31+,32+,33-,34-,35+,36+/m1/s1. The number of esters is 1. The molecule has 14 atom stereocenters. The molecule has 6 N–H and O–H groups in total. The van der Waals surface area contributed by atoms with E-state index in [-0.39, 0.29) is 24.9 Å². The minimum Gasteiger partial charge on any atom is -0.493 e. The van der Waals surface area contributed by atoms with Crippen LogP contribution >= 0.6 is 0 Å².